The summed E-state index contributed by atoms with van der Waals surface area (Å²) in [7, 11) is 1.66. The van der Waals surface area contributed by atoms with E-state index in [2.05, 4.69) is 27.1 Å². The lowest BCUT2D eigenvalue weighted by atomic mass is 10.2. The summed E-state index contributed by atoms with van der Waals surface area (Å²) in [5, 5.41) is 10.2. The molecule has 0 radical (unpaired) electrons. The van der Waals surface area contributed by atoms with Gasteiger partial charge in [-0.1, -0.05) is 17.8 Å². The van der Waals surface area contributed by atoms with Crippen molar-refractivity contribution in [2.75, 3.05) is 20.2 Å². The lowest BCUT2D eigenvalue weighted by molar-refractivity contribution is 0.0782. The molecule has 2 rings (SSSR count). The van der Waals surface area contributed by atoms with Crippen LogP contribution < -0.4 is 10.6 Å². The van der Waals surface area contributed by atoms with Crippen LogP contribution in [0.25, 0.3) is 0 Å². The molecule has 0 bridgehead atoms. The average Bonchev–Trinajstić information content (AvgIpc) is 2.98. The van der Waals surface area contributed by atoms with E-state index in [9.17, 15) is 4.79 Å². The van der Waals surface area contributed by atoms with Crippen molar-refractivity contribution < 1.29 is 9.53 Å². The maximum Gasteiger partial charge on any atom is 0.265 e. The van der Waals surface area contributed by atoms with E-state index in [1.807, 2.05) is 0 Å². The summed E-state index contributed by atoms with van der Waals surface area (Å²) >= 11 is 1.16. The number of hydrogen-bond acceptors (Lipinski definition) is 6. The van der Waals surface area contributed by atoms with Crippen molar-refractivity contribution in [3.63, 3.8) is 0 Å². The number of methoxy groups -OCH3 is 1. The van der Waals surface area contributed by atoms with Crippen molar-refractivity contribution in [2.24, 2.45) is 0 Å². The first kappa shape index (κ1) is 13.4. The highest BCUT2D eigenvalue weighted by Gasteiger charge is 2.29. The molecule has 2 heterocycles. The van der Waals surface area contributed by atoms with Crippen LogP contribution >= 0.6 is 11.5 Å². The summed E-state index contributed by atoms with van der Waals surface area (Å²) in [4.78, 5) is 12.8. The minimum absolute atomic E-state index is 0.0130. The van der Waals surface area contributed by atoms with Crippen molar-refractivity contribution >= 4 is 17.4 Å². The molecule has 7 heteroatoms. The summed E-state index contributed by atoms with van der Waals surface area (Å²) < 4.78 is 9.17. The quantitative estimate of drug-likeness (QED) is 0.800. The van der Waals surface area contributed by atoms with Crippen LogP contribution in [-0.2, 0) is 11.2 Å². The highest BCUT2D eigenvalue weighted by Crippen LogP contribution is 2.13. The number of rotatable bonds is 5. The Morgan fingerprint density at radius 1 is 1.61 bits per heavy atom. The fourth-order valence-corrected chi connectivity index (χ4v) is 2.67. The van der Waals surface area contributed by atoms with Crippen molar-refractivity contribution in [1.29, 1.82) is 0 Å². The molecule has 0 aliphatic carbocycles. The monoisotopic (exact) mass is 270 g/mol. The van der Waals surface area contributed by atoms with E-state index >= 15 is 0 Å². The first-order valence-electron chi connectivity index (χ1n) is 6.11. The fourth-order valence-electron chi connectivity index (χ4n) is 2.06. The molecular weight excluding hydrogens is 252 g/mol. The average molecular weight is 270 g/mol. The van der Waals surface area contributed by atoms with Crippen LogP contribution in [0, 0.1) is 0 Å². The Morgan fingerprint density at radius 3 is 3.17 bits per heavy atom. The maximum absolute atomic E-state index is 12.2. The maximum atomic E-state index is 12.2. The number of amides is 1. The fraction of sp³-hybridized carbons (Fsp3) is 0.727. The highest BCUT2D eigenvalue weighted by molar-refractivity contribution is 7.08. The first-order chi connectivity index (χ1) is 8.76. The first-order valence-corrected chi connectivity index (χ1v) is 6.89. The molecule has 1 saturated heterocycles. The van der Waals surface area contributed by atoms with Gasteiger partial charge in [0.2, 0.25) is 0 Å². The summed E-state index contributed by atoms with van der Waals surface area (Å²) in [6.45, 7) is 3.56. The van der Waals surface area contributed by atoms with Gasteiger partial charge in [0.25, 0.3) is 5.91 Å². The van der Waals surface area contributed by atoms with Crippen LogP contribution in [0.1, 0.15) is 28.7 Å². The van der Waals surface area contributed by atoms with Crippen LogP contribution in [0.15, 0.2) is 0 Å². The molecule has 1 fully saturated rings. The molecule has 0 saturated carbocycles. The molecular formula is C11H18N4O2S. The SMILES string of the molecule is CCCc1nnsc1C(=O)NC1CNC[C@@H]1OC. The minimum Gasteiger partial charge on any atom is -0.378 e. The summed E-state index contributed by atoms with van der Waals surface area (Å²) in [6, 6.07) is 0.0130. The van der Waals surface area contributed by atoms with Gasteiger partial charge in [-0.05, 0) is 18.0 Å². The van der Waals surface area contributed by atoms with E-state index in [0.29, 0.717) is 4.88 Å². The van der Waals surface area contributed by atoms with E-state index in [-0.39, 0.29) is 18.1 Å². The summed E-state index contributed by atoms with van der Waals surface area (Å²) in [5.41, 5.74) is 0.792. The van der Waals surface area contributed by atoms with Crippen molar-refractivity contribution in [2.45, 2.75) is 31.9 Å². The van der Waals surface area contributed by atoms with Crippen LogP contribution in [0.3, 0.4) is 0 Å². The molecule has 1 aliphatic heterocycles. The van der Waals surface area contributed by atoms with Gasteiger partial charge in [0, 0.05) is 20.2 Å². The number of carbonyl (C=O) groups is 1. The zero-order valence-corrected chi connectivity index (χ0v) is 11.4. The summed E-state index contributed by atoms with van der Waals surface area (Å²) in [6.07, 6.45) is 1.78. The van der Waals surface area contributed by atoms with Gasteiger partial charge in [-0.25, -0.2) is 0 Å². The smallest absolute Gasteiger partial charge is 0.265 e. The standard InChI is InChI=1S/C11H18N4O2S/c1-3-4-7-10(18-15-14-7)11(16)13-8-5-12-6-9(8)17-2/h8-9,12H,3-6H2,1-2H3,(H,13,16)/t8?,9-/m0/s1. The Labute approximate surface area is 110 Å². The normalized spacial score (nSPS) is 23.2. The van der Waals surface area contributed by atoms with Crippen molar-refractivity contribution in [3.05, 3.63) is 10.6 Å². The minimum atomic E-state index is -0.0933. The van der Waals surface area contributed by atoms with Gasteiger partial charge in [0.1, 0.15) is 4.88 Å². The molecule has 1 unspecified atom stereocenters. The number of carbonyl (C=O) groups excluding carboxylic acids is 1. The molecule has 0 aromatic carbocycles. The van der Waals surface area contributed by atoms with Crippen molar-refractivity contribution in [1.82, 2.24) is 20.2 Å². The topological polar surface area (TPSA) is 76.1 Å². The van der Waals surface area contributed by atoms with Gasteiger partial charge in [0.15, 0.2) is 0 Å². The zero-order chi connectivity index (χ0) is 13.0. The van der Waals surface area contributed by atoms with E-state index in [4.69, 9.17) is 4.74 Å². The number of aryl methyl sites for hydroxylation is 1. The Balaban J connectivity index is 2.00. The third kappa shape index (κ3) is 2.85. The Morgan fingerprint density at radius 2 is 2.44 bits per heavy atom. The molecule has 1 aromatic rings. The second-order valence-corrected chi connectivity index (χ2v) is 5.07. The molecule has 6 nitrogen and oxygen atoms in total. The molecule has 2 atom stereocenters. The van der Waals surface area contributed by atoms with Crippen molar-refractivity contribution in [3.8, 4) is 0 Å². The third-order valence-corrected chi connectivity index (χ3v) is 3.79. The molecule has 1 aromatic heterocycles. The molecule has 1 aliphatic rings. The van der Waals surface area contributed by atoms with Crippen LogP contribution in [0.2, 0.25) is 0 Å². The molecule has 1 amide bonds. The molecule has 0 spiro atoms. The third-order valence-electron chi connectivity index (χ3n) is 3.03. The summed E-state index contributed by atoms with van der Waals surface area (Å²) in [5.74, 6) is -0.0933. The van der Waals surface area contributed by atoms with E-state index < -0.39 is 0 Å². The Bertz CT molecular complexity index is 410. The Hall–Kier alpha value is -1.05. The van der Waals surface area contributed by atoms with Gasteiger partial charge in [-0.15, -0.1) is 5.10 Å². The number of aromatic nitrogens is 2. The van der Waals surface area contributed by atoms with E-state index in [1.54, 1.807) is 7.11 Å². The molecule has 100 valence electrons. The van der Waals surface area contributed by atoms with Crippen LogP contribution in [-0.4, -0.2) is 47.8 Å². The highest BCUT2D eigenvalue weighted by atomic mass is 32.1. The predicted molar refractivity (Wildman–Crippen MR) is 68.8 cm³/mol. The van der Waals surface area contributed by atoms with E-state index in [1.165, 1.54) is 0 Å². The molecule has 18 heavy (non-hydrogen) atoms. The Kier molecular flexibility index (Phi) is 4.62. The van der Waals surface area contributed by atoms with Gasteiger partial charge >= 0.3 is 0 Å². The van der Waals surface area contributed by atoms with Gasteiger partial charge in [-0.3, -0.25) is 4.79 Å². The van der Waals surface area contributed by atoms with Gasteiger partial charge < -0.3 is 15.4 Å². The zero-order valence-electron chi connectivity index (χ0n) is 10.6. The number of hydrogen-bond donors (Lipinski definition) is 2. The van der Waals surface area contributed by atoms with Gasteiger partial charge in [0.05, 0.1) is 17.8 Å². The molecule has 2 N–H and O–H groups in total. The van der Waals surface area contributed by atoms with E-state index in [0.717, 1.165) is 43.2 Å². The largest absolute Gasteiger partial charge is 0.378 e. The predicted octanol–water partition coefficient (Wildman–Crippen LogP) is 0.207. The van der Waals surface area contributed by atoms with Crippen LogP contribution in [0.4, 0.5) is 0 Å². The van der Waals surface area contributed by atoms with Gasteiger partial charge in [-0.2, -0.15) is 0 Å². The second kappa shape index (κ2) is 6.21. The number of nitrogens with one attached hydrogen (secondary N) is 2. The number of ether oxygens (including phenoxy) is 1. The van der Waals surface area contributed by atoms with Crippen LogP contribution in [0.5, 0.6) is 0 Å². The number of nitrogens with zero attached hydrogens (tertiary/aromatic N) is 2. The second-order valence-electron chi connectivity index (χ2n) is 4.31. The lowest BCUT2D eigenvalue weighted by Gasteiger charge is -2.18. The lowest BCUT2D eigenvalue weighted by Crippen LogP contribution is -2.43.